The van der Waals surface area contributed by atoms with E-state index in [0.29, 0.717) is 6.54 Å². The quantitative estimate of drug-likeness (QED) is 0.724. The molecular formula is C12H16ClNO3. The average Bonchev–Trinajstić information content (AvgIpc) is 2.25. The fourth-order valence-electron chi connectivity index (χ4n) is 1.23. The largest absolute Gasteiger partial charge is 0.508 e. The van der Waals surface area contributed by atoms with Crippen molar-refractivity contribution in [2.75, 3.05) is 6.54 Å². The van der Waals surface area contributed by atoms with E-state index in [1.54, 1.807) is 0 Å². The average molecular weight is 258 g/mol. The first kappa shape index (κ1) is 13.6. The molecule has 1 aromatic rings. The van der Waals surface area contributed by atoms with Gasteiger partial charge in [-0.2, -0.15) is 0 Å². The minimum Gasteiger partial charge on any atom is -0.508 e. The van der Waals surface area contributed by atoms with Gasteiger partial charge in [0, 0.05) is 12.6 Å². The molecule has 0 spiro atoms. The number of rotatable bonds is 4. The molecule has 0 saturated carbocycles. The number of phenolic OH excluding ortho intramolecular Hbond substituents is 2. The van der Waals surface area contributed by atoms with Crippen LogP contribution in [0.1, 0.15) is 24.2 Å². The van der Waals surface area contributed by atoms with Crippen LogP contribution in [0.4, 0.5) is 0 Å². The zero-order valence-electron chi connectivity index (χ0n) is 9.77. The van der Waals surface area contributed by atoms with Crippen molar-refractivity contribution < 1.29 is 15.0 Å². The lowest BCUT2D eigenvalue weighted by Crippen LogP contribution is -2.31. The van der Waals surface area contributed by atoms with Gasteiger partial charge in [-0.05, 0) is 18.1 Å². The van der Waals surface area contributed by atoms with E-state index >= 15 is 0 Å². The molecule has 1 aromatic carbocycles. The van der Waals surface area contributed by atoms with Crippen molar-refractivity contribution in [2.45, 2.75) is 19.2 Å². The molecule has 4 nitrogen and oxygen atoms in total. The lowest BCUT2D eigenvalue weighted by Gasteiger charge is -2.14. The summed E-state index contributed by atoms with van der Waals surface area (Å²) in [6.07, 6.45) is 0. The number of carbonyl (C=O) groups excluding carboxylic acids is 1. The van der Waals surface area contributed by atoms with E-state index in [1.807, 2.05) is 13.8 Å². The predicted molar refractivity (Wildman–Crippen MR) is 66.6 cm³/mol. The SMILES string of the molecule is CC(C)C(Cl)CNC(=O)c1ccc(O)cc1O. The van der Waals surface area contributed by atoms with E-state index in [2.05, 4.69) is 5.32 Å². The van der Waals surface area contributed by atoms with Gasteiger partial charge in [-0.15, -0.1) is 11.6 Å². The van der Waals surface area contributed by atoms with Crippen LogP contribution in [0.2, 0.25) is 0 Å². The number of nitrogens with one attached hydrogen (secondary N) is 1. The summed E-state index contributed by atoms with van der Waals surface area (Å²) >= 11 is 6.00. The molecule has 0 aliphatic heterocycles. The molecule has 0 heterocycles. The Kier molecular flexibility index (Phi) is 4.63. The summed E-state index contributed by atoms with van der Waals surface area (Å²) in [5.74, 6) is -0.492. The summed E-state index contributed by atoms with van der Waals surface area (Å²) in [6.45, 7) is 4.25. The number of benzene rings is 1. The molecule has 1 unspecified atom stereocenters. The van der Waals surface area contributed by atoms with Gasteiger partial charge in [0.15, 0.2) is 0 Å². The summed E-state index contributed by atoms with van der Waals surface area (Å²) in [6, 6.07) is 3.82. The molecule has 17 heavy (non-hydrogen) atoms. The highest BCUT2D eigenvalue weighted by molar-refractivity contribution is 6.21. The Labute approximate surface area is 105 Å². The normalized spacial score (nSPS) is 12.5. The standard InChI is InChI=1S/C12H16ClNO3/c1-7(2)10(13)6-14-12(17)9-4-3-8(15)5-11(9)16/h3-5,7,10,15-16H,6H2,1-2H3,(H,14,17). The molecule has 0 fully saturated rings. The lowest BCUT2D eigenvalue weighted by atomic mass is 10.1. The molecule has 0 radical (unpaired) electrons. The zero-order chi connectivity index (χ0) is 13.0. The molecule has 1 atom stereocenters. The summed E-state index contributed by atoms with van der Waals surface area (Å²) < 4.78 is 0. The Morgan fingerprint density at radius 2 is 2.06 bits per heavy atom. The van der Waals surface area contributed by atoms with Crippen LogP contribution in [0.3, 0.4) is 0 Å². The van der Waals surface area contributed by atoms with E-state index in [9.17, 15) is 9.90 Å². The van der Waals surface area contributed by atoms with Gasteiger partial charge in [0.1, 0.15) is 11.5 Å². The summed E-state index contributed by atoms with van der Waals surface area (Å²) in [5, 5.41) is 21.1. The first-order chi connectivity index (χ1) is 7.91. The maximum atomic E-state index is 11.7. The van der Waals surface area contributed by atoms with Gasteiger partial charge in [0.25, 0.3) is 5.91 Å². The Balaban J connectivity index is 2.64. The Morgan fingerprint density at radius 3 is 2.59 bits per heavy atom. The molecule has 0 aromatic heterocycles. The maximum absolute atomic E-state index is 11.7. The van der Waals surface area contributed by atoms with E-state index < -0.39 is 5.91 Å². The van der Waals surface area contributed by atoms with Gasteiger partial charge in [0.05, 0.1) is 10.9 Å². The fourth-order valence-corrected chi connectivity index (χ4v) is 1.31. The Hall–Kier alpha value is -1.42. The number of hydrogen-bond donors (Lipinski definition) is 3. The maximum Gasteiger partial charge on any atom is 0.255 e. The topological polar surface area (TPSA) is 69.6 Å². The van der Waals surface area contributed by atoms with Crippen molar-refractivity contribution in [3.63, 3.8) is 0 Å². The number of halogens is 1. The highest BCUT2D eigenvalue weighted by Crippen LogP contribution is 2.22. The number of phenols is 2. The Bertz CT molecular complexity index is 407. The van der Waals surface area contributed by atoms with Crippen LogP contribution in [-0.2, 0) is 0 Å². The zero-order valence-corrected chi connectivity index (χ0v) is 10.5. The third kappa shape index (κ3) is 3.82. The molecule has 5 heteroatoms. The first-order valence-electron chi connectivity index (χ1n) is 5.36. The van der Waals surface area contributed by atoms with Gasteiger partial charge >= 0.3 is 0 Å². The third-order valence-corrected chi connectivity index (χ3v) is 3.07. The van der Waals surface area contributed by atoms with Crippen LogP contribution in [0, 0.1) is 5.92 Å². The minimum absolute atomic E-state index is 0.0866. The molecular weight excluding hydrogens is 242 g/mol. The van der Waals surface area contributed by atoms with Crippen LogP contribution in [-0.4, -0.2) is 28.0 Å². The molecule has 0 bridgehead atoms. The lowest BCUT2D eigenvalue weighted by molar-refractivity contribution is 0.0949. The van der Waals surface area contributed by atoms with Crippen molar-refractivity contribution >= 4 is 17.5 Å². The Morgan fingerprint density at radius 1 is 1.41 bits per heavy atom. The predicted octanol–water partition coefficient (Wildman–Crippen LogP) is 2.09. The number of amides is 1. The molecule has 0 aliphatic carbocycles. The summed E-state index contributed by atoms with van der Waals surface area (Å²) in [4.78, 5) is 11.7. The van der Waals surface area contributed by atoms with E-state index in [0.717, 1.165) is 6.07 Å². The molecule has 1 amide bonds. The number of alkyl halides is 1. The second-order valence-electron chi connectivity index (χ2n) is 4.17. The van der Waals surface area contributed by atoms with Crippen molar-refractivity contribution in [1.82, 2.24) is 5.32 Å². The number of hydrogen-bond acceptors (Lipinski definition) is 3. The second-order valence-corrected chi connectivity index (χ2v) is 4.73. The fraction of sp³-hybridized carbons (Fsp3) is 0.417. The van der Waals surface area contributed by atoms with Crippen LogP contribution >= 0.6 is 11.6 Å². The van der Waals surface area contributed by atoms with Gasteiger partial charge in [-0.3, -0.25) is 4.79 Å². The number of aromatic hydroxyl groups is 2. The van der Waals surface area contributed by atoms with Crippen LogP contribution < -0.4 is 5.32 Å². The van der Waals surface area contributed by atoms with Crippen LogP contribution in [0.25, 0.3) is 0 Å². The van der Waals surface area contributed by atoms with Gasteiger partial charge in [0.2, 0.25) is 0 Å². The van der Waals surface area contributed by atoms with Crippen LogP contribution in [0.15, 0.2) is 18.2 Å². The molecule has 1 rings (SSSR count). The van der Waals surface area contributed by atoms with Crippen LogP contribution in [0.5, 0.6) is 11.5 Å². The monoisotopic (exact) mass is 257 g/mol. The molecule has 3 N–H and O–H groups in total. The smallest absolute Gasteiger partial charge is 0.255 e. The summed E-state index contributed by atoms with van der Waals surface area (Å²) in [7, 11) is 0. The van der Waals surface area contributed by atoms with Crippen molar-refractivity contribution in [1.29, 1.82) is 0 Å². The third-order valence-electron chi connectivity index (χ3n) is 2.41. The van der Waals surface area contributed by atoms with Crippen molar-refractivity contribution in [3.8, 4) is 11.5 Å². The number of carbonyl (C=O) groups is 1. The van der Waals surface area contributed by atoms with Crippen molar-refractivity contribution in [2.24, 2.45) is 5.92 Å². The van der Waals surface area contributed by atoms with E-state index in [4.69, 9.17) is 16.7 Å². The first-order valence-corrected chi connectivity index (χ1v) is 5.79. The van der Waals surface area contributed by atoms with E-state index in [1.165, 1.54) is 12.1 Å². The highest BCUT2D eigenvalue weighted by Gasteiger charge is 2.14. The van der Waals surface area contributed by atoms with Gasteiger partial charge in [-0.25, -0.2) is 0 Å². The second kappa shape index (κ2) is 5.77. The highest BCUT2D eigenvalue weighted by atomic mass is 35.5. The van der Waals surface area contributed by atoms with E-state index in [-0.39, 0.29) is 28.4 Å². The van der Waals surface area contributed by atoms with Crippen molar-refractivity contribution in [3.05, 3.63) is 23.8 Å². The summed E-state index contributed by atoms with van der Waals surface area (Å²) in [5.41, 5.74) is 0.121. The molecule has 94 valence electrons. The van der Waals surface area contributed by atoms with Gasteiger partial charge < -0.3 is 15.5 Å². The van der Waals surface area contributed by atoms with Gasteiger partial charge in [-0.1, -0.05) is 13.8 Å². The molecule has 0 aliphatic rings. The minimum atomic E-state index is -0.409. The molecule has 0 saturated heterocycles.